The summed E-state index contributed by atoms with van der Waals surface area (Å²) in [7, 11) is 0. The second kappa shape index (κ2) is 8.50. The molecule has 0 fully saturated rings. The molecule has 8 heteroatoms. The molecule has 3 rings (SSSR count). The number of aryl methyl sites for hydroxylation is 1. The predicted octanol–water partition coefficient (Wildman–Crippen LogP) is 4.94. The third-order valence-electron chi connectivity index (χ3n) is 3.71. The molecule has 1 aliphatic rings. The van der Waals surface area contributed by atoms with E-state index in [0.29, 0.717) is 16.4 Å². The van der Waals surface area contributed by atoms with Gasteiger partial charge in [-0.1, -0.05) is 35.5 Å². The van der Waals surface area contributed by atoms with Crippen molar-refractivity contribution in [3.8, 4) is 0 Å². The zero-order valence-corrected chi connectivity index (χ0v) is 16.6. The molecular weight excluding hydrogens is 402 g/mol. The van der Waals surface area contributed by atoms with Crippen molar-refractivity contribution in [2.45, 2.75) is 13.8 Å². The van der Waals surface area contributed by atoms with Crippen LogP contribution in [0.3, 0.4) is 0 Å². The quantitative estimate of drug-likeness (QED) is 0.708. The Balaban J connectivity index is 2.02. The van der Waals surface area contributed by atoms with Crippen molar-refractivity contribution in [1.29, 1.82) is 0 Å². The highest BCUT2D eigenvalue weighted by Crippen LogP contribution is 2.39. The van der Waals surface area contributed by atoms with Crippen molar-refractivity contribution in [3.63, 3.8) is 0 Å². The summed E-state index contributed by atoms with van der Waals surface area (Å²) in [6.07, 6.45) is 1.56. The van der Waals surface area contributed by atoms with Crippen molar-refractivity contribution in [2.24, 2.45) is 4.99 Å². The molecule has 0 radical (unpaired) electrons. The maximum Gasteiger partial charge on any atom is 0.344 e. The molecule has 0 bridgehead atoms. The lowest BCUT2D eigenvalue weighted by Crippen LogP contribution is -2.14. The molecule has 1 N–H and O–H groups in total. The Morgan fingerprint density at radius 2 is 2.04 bits per heavy atom. The molecule has 0 unspecified atom stereocenters. The lowest BCUT2D eigenvalue weighted by molar-refractivity contribution is -0.138. The van der Waals surface area contributed by atoms with Crippen LogP contribution in [-0.2, 0) is 9.53 Å². The Morgan fingerprint density at radius 3 is 2.68 bits per heavy atom. The van der Waals surface area contributed by atoms with Gasteiger partial charge in [-0.25, -0.2) is 9.79 Å². The van der Waals surface area contributed by atoms with Gasteiger partial charge in [0.05, 0.1) is 22.1 Å². The largest absolute Gasteiger partial charge is 0.506 e. The average molecular weight is 418 g/mol. The summed E-state index contributed by atoms with van der Waals surface area (Å²) >= 11 is 7.02. The number of esters is 1. The van der Waals surface area contributed by atoms with Gasteiger partial charge in [0.15, 0.2) is 0 Å². The number of benzene rings is 1. The van der Waals surface area contributed by atoms with Gasteiger partial charge in [-0.05, 0) is 44.2 Å². The standard InChI is InChI=1S/C20H16ClNO5S/c1-3-26-20(25)16-17(23)15(10-12-9-8-11(2)27-12)28-19(16)22-18(24)13-6-4-5-7-14(13)21/h4-10,23H,3H2,1-2H3/b15-10-,22-19?. The van der Waals surface area contributed by atoms with Crippen LogP contribution in [0.15, 0.2) is 62.0 Å². The molecule has 2 heterocycles. The van der Waals surface area contributed by atoms with Crippen LogP contribution >= 0.6 is 23.4 Å². The number of halogens is 1. The molecule has 2 aromatic rings. The van der Waals surface area contributed by atoms with E-state index in [1.54, 1.807) is 50.3 Å². The van der Waals surface area contributed by atoms with Crippen LogP contribution in [0.25, 0.3) is 6.08 Å². The molecule has 1 aromatic heterocycles. The number of carbonyl (C=O) groups is 2. The van der Waals surface area contributed by atoms with Crippen LogP contribution < -0.4 is 0 Å². The van der Waals surface area contributed by atoms with Crippen molar-refractivity contribution < 1.29 is 23.8 Å². The Labute approximate surface area is 170 Å². The lowest BCUT2D eigenvalue weighted by atomic mass is 10.2. The Bertz CT molecular complexity index is 1030. The fourth-order valence-electron chi connectivity index (χ4n) is 2.44. The molecule has 1 aromatic carbocycles. The van der Waals surface area contributed by atoms with Crippen molar-refractivity contribution >= 4 is 46.4 Å². The van der Waals surface area contributed by atoms with Gasteiger partial charge in [-0.3, -0.25) is 4.79 Å². The lowest BCUT2D eigenvalue weighted by Gasteiger charge is -2.04. The number of rotatable bonds is 4. The molecule has 6 nitrogen and oxygen atoms in total. The van der Waals surface area contributed by atoms with E-state index < -0.39 is 11.9 Å². The van der Waals surface area contributed by atoms with Gasteiger partial charge in [0, 0.05) is 0 Å². The first-order valence-corrected chi connectivity index (χ1v) is 9.54. The highest BCUT2D eigenvalue weighted by atomic mass is 35.5. The first-order chi connectivity index (χ1) is 13.4. The van der Waals surface area contributed by atoms with Crippen LogP contribution in [0.2, 0.25) is 5.02 Å². The monoisotopic (exact) mass is 417 g/mol. The number of aliphatic hydroxyl groups excluding tert-OH is 1. The van der Waals surface area contributed by atoms with Gasteiger partial charge >= 0.3 is 5.97 Å². The summed E-state index contributed by atoms with van der Waals surface area (Å²) in [6.45, 7) is 3.55. The predicted molar refractivity (Wildman–Crippen MR) is 109 cm³/mol. The van der Waals surface area contributed by atoms with Crippen LogP contribution in [0, 0.1) is 6.92 Å². The van der Waals surface area contributed by atoms with Crippen molar-refractivity contribution in [2.75, 3.05) is 6.61 Å². The number of aliphatic imine (C=N–C) groups is 1. The smallest absolute Gasteiger partial charge is 0.344 e. The summed E-state index contributed by atoms with van der Waals surface area (Å²) in [5.74, 6) is -0.515. The number of furan rings is 1. The molecular formula is C20H16ClNO5S. The number of thioether (sulfide) groups is 1. The molecule has 0 spiro atoms. The second-order valence-electron chi connectivity index (χ2n) is 5.71. The summed E-state index contributed by atoms with van der Waals surface area (Å²) in [5, 5.41) is 10.8. The fraction of sp³-hybridized carbons (Fsp3) is 0.150. The van der Waals surface area contributed by atoms with E-state index in [0.717, 1.165) is 11.8 Å². The van der Waals surface area contributed by atoms with Crippen LogP contribution in [0.4, 0.5) is 0 Å². The van der Waals surface area contributed by atoms with E-state index >= 15 is 0 Å². The SMILES string of the molecule is CCOC(=O)C1=C(O)/C(=C/c2ccc(C)o2)SC1=NC(=O)c1ccccc1Cl. The first kappa shape index (κ1) is 20.0. The molecule has 0 atom stereocenters. The van der Waals surface area contributed by atoms with E-state index in [9.17, 15) is 14.7 Å². The van der Waals surface area contributed by atoms with Gasteiger partial charge in [0.25, 0.3) is 5.91 Å². The van der Waals surface area contributed by atoms with E-state index in [1.165, 1.54) is 6.07 Å². The van der Waals surface area contributed by atoms with E-state index in [4.69, 9.17) is 20.8 Å². The van der Waals surface area contributed by atoms with E-state index in [-0.39, 0.29) is 33.6 Å². The number of hydrogen-bond donors (Lipinski definition) is 1. The number of carbonyl (C=O) groups excluding carboxylic acids is 2. The minimum Gasteiger partial charge on any atom is -0.506 e. The third kappa shape index (κ3) is 4.21. The Morgan fingerprint density at radius 1 is 1.29 bits per heavy atom. The third-order valence-corrected chi connectivity index (χ3v) is 5.06. The number of aliphatic hydroxyl groups is 1. The minimum atomic E-state index is -0.766. The van der Waals surface area contributed by atoms with Gasteiger partial charge in [-0.15, -0.1) is 0 Å². The number of ether oxygens (including phenoxy) is 1. The summed E-state index contributed by atoms with van der Waals surface area (Å²) in [6, 6.07) is 9.95. The zero-order chi connectivity index (χ0) is 20.3. The summed E-state index contributed by atoms with van der Waals surface area (Å²) in [5.41, 5.74) is 0.0286. The highest BCUT2D eigenvalue weighted by molar-refractivity contribution is 8.18. The highest BCUT2D eigenvalue weighted by Gasteiger charge is 2.34. The molecule has 144 valence electrons. The van der Waals surface area contributed by atoms with E-state index in [2.05, 4.69) is 4.99 Å². The maximum atomic E-state index is 12.5. The number of nitrogens with zero attached hydrogens (tertiary/aromatic N) is 1. The zero-order valence-electron chi connectivity index (χ0n) is 15.1. The van der Waals surface area contributed by atoms with Crippen LogP contribution in [0.1, 0.15) is 28.8 Å². The fourth-order valence-corrected chi connectivity index (χ4v) is 3.65. The van der Waals surface area contributed by atoms with Crippen molar-refractivity contribution in [3.05, 3.63) is 74.7 Å². The number of amides is 1. The number of hydrogen-bond acceptors (Lipinski definition) is 6. The van der Waals surface area contributed by atoms with Gasteiger partial charge in [-0.2, -0.15) is 0 Å². The molecule has 0 aliphatic carbocycles. The maximum absolute atomic E-state index is 12.5. The molecule has 1 amide bonds. The van der Waals surface area contributed by atoms with Gasteiger partial charge in [0.1, 0.15) is 27.9 Å². The van der Waals surface area contributed by atoms with Gasteiger partial charge < -0.3 is 14.3 Å². The van der Waals surface area contributed by atoms with Crippen molar-refractivity contribution in [1.82, 2.24) is 0 Å². The molecule has 0 saturated carbocycles. The topological polar surface area (TPSA) is 89.1 Å². The second-order valence-corrected chi connectivity index (χ2v) is 7.14. The normalized spacial score (nSPS) is 16.8. The molecule has 0 saturated heterocycles. The van der Waals surface area contributed by atoms with E-state index in [1.807, 2.05) is 0 Å². The molecule has 1 aliphatic heterocycles. The Kier molecular flexibility index (Phi) is 6.06. The molecule has 28 heavy (non-hydrogen) atoms. The Hall–Kier alpha value is -2.77. The average Bonchev–Trinajstić information content (AvgIpc) is 3.19. The summed E-state index contributed by atoms with van der Waals surface area (Å²) in [4.78, 5) is 29.2. The first-order valence-electron chi connectivity index (χ1n) is 8.35. The van der Waals surface area contributed by atoms with Gasteiger partial charge in [0.2, 0.25) is 0 Å². The van der Waals surface area contributed by atoms with Crippen LogP contribution in [-0.4, -0.2) is 28.6 Å². The van der Waals surface area contributed by atoms with Crippen LogP contribution in [0.5, 0.6) is 0 Å². The summed E-state index contributed by atoms with van der Waals surface area (Å²) < 4.78 is 10.5. The minimum absolute atomic E-state index is 0.0374.